The fourth-order valence-electron chi connectivity index (χ4n) is 1.64. The second-order valence-corrected chi connectivity index (χ2v) is 4.29. The number of carboxylic acid groups (broad SMARTS) is 1. The van der Waals surface area contributed by atoms with Gasteiger partial charge in [-0.25, -0.2) is 9.78 Å². The first-order valence-corrected chi connectivity index (χ1v) is 6.14. The molecule has 1 heterocycles. The summed E-state index contributed by atoms with van der Waals surface area (Å²) >= 11 is 5.86. The minimum absolute atomic E-state index is 0.0583. The molecule has 2 rings (SSSR count). The Balaban J connectivity index is 2.18. The van der Waals surface area contributed by atoms with Crippen LogP contribution in [0.2, 0.25) is 5.02 Å². The SMILES string of the molecule is COc1cccc(COc2cccc(Cl)c2C(=O)O)n1. The van der Waals surface area contributed by atoms with Gasteiger partial charge in [-0.05, 0) is 18.2 Å². The van der Waals surface area contributed by atoms with Crippen molar-refractivity contribution in [3.05, 3.63) is 52.7 Å². The third-order valence-electron chi connectivity index (χ3n) is 2.56. The van der Waals surface area contributed by atoms with Gasteiger partial charge in [0.2, 0.25) is 5.88 Å². The molecule has 1 aromatic carbocycles. The second-order valence-electron chi connectivity index (χ2n) is 3.88. The van der Waals surface area contributed by atoms with Crippen molar-refractivity contribution in [2.75, 3.05) is 7.11 Å². The maximum Gasteiger partial charge on any atom is 0.341 e. The van der Waals surface area contributed by atoms with Crippen molar-refractivity contribution < 1.29 is 19.4 Å². The topological polar surface area (TPSA) is 68.7 Å². The summed E-state index contributed by atoms with van der Waals surface area (Å²) < 4.78 is 10.5. The Hall–Kier alpha value is -2.27. The van der Waals surface area contributed by atoms with E-state index in [1.54, 1.807) is 30.3 Å². The molecule has 1 N–H and O–H groups in total. The lowest BCUT2D eigenvalue weighted by atomic mass is 10.2. The fourth-order valence-corrected chi connectivity index (χ4v) is 1.88. The van der Waals surface area contributed by atoms with Crippen LogP contribution in [0.1, 0.15) is 16.1 Å². The van der Waals surface area contributed by atoms with Crippen molar-refractivity contribution in [2.45, 2.75) is 6.61 Å². The molecule has 0 saturated heterocycles. The van der Waals surface area contributed by atoms with E-state index >= 15 is 0 Å². The van der Waals surface area contributed by atoms with E-state index in [2.05, 4.69) is 4.98 Å². The Morgan fingerprint density at radius 2 is 2.05 bits per heavy atom. The molecule has 0 radical (unpaired) electrons. The molecular formula is C14H12ClNO4. The van der Waals surface area contributed by atoms with E-state index in [1.807, 2.05) is 0 Å². The lowest BCUT2D eigenvalue weighted by Gasteiger charge is -2.10. The smallest absolute Gasteiger partial charge is 0.341 e. The van der Waals surface area contributed by atoms with E-state index in [0.717, 1.165) is 0 Å². The summed E-state index contributed by atoms with van der Waals surface area (Å²) in [6.45, 7) is 0.123. The van der Waals surface area contributed by atoms with Gasteiger partial charge in [-0.2, -0.15) is 0 Å². The molecule has 1 aromatic heterocycles. The molecule has 0 aliphatic rings. The number of hydrogen-bond donors (Lipinski definition) is 1. The lowest BCUT2D eigenvalue weighted by molar-refractivity contribution is 0.0692. The Labute approximate surface area is 120 Å². The maximum atomic E-state index is 11.2. The molecule has 0 unspecified atom stereocenters. The summed E-state index contributed by atoms with van der Waals surface area (Å²) in [5.41, 5.74) is 0.567. The third kappa shape index (κ3) is 3.19. The fraction of sp³-hybridized carbons (Fsp3) is 0.143. The van der Waals surface area contributed by atoms with Crippen LogP contribution < -0.4 is 9.47 Å². The number of hydrogen-bond acceptors (Lipinski definition) is 4. The van der Waals surface area contributed by atoms with Crippen LogP contribution in [0, 0.1) is 0 Å². The van der Waals surface area contributed by atoms with Gasteiger partial charge in [-0.1, -0.05) is 23.7 Å². The number of methoxy groups -OCH3 is 1. The van der Waals surface area contributed by atoms with E-state index in [4.69, 9.17) is 26.2 Å². The molecule has 0 aliphatic carbocycles. The molecule has 0 bridgehead atoms. The Bertz CT molecular complexity index is 630. The molecule has 5 nitrogen and oxygen atoms in total. The normalized spacial score (nSPS) is 10.1. The van der Waals surface area contributed by atoms with E-state index in [1.165, 1.54) is 13.2 Å². The first kappa shape index (κ1) is 14.1. The predicted octanol–water partition coefficient (Wildman–Crippen LogP) is 3.02. The molecule has 0 amide bonds. The second kappa shape index (κ2) is 6.25. The highest BCUT2D eigenvalue weighted by Gasteiger charge is 2.15. The first-order valence-electron chi connectivity index (χ1n) is 5.76. The first-order chi connectivity index (χ1) is 9.61. The van der Waals surface area contributed by atoms with Crippen LogP contribution in [-0.4, -0.2) is 23.2 Å². The summed E-state index contributed by atoms with van der Waals surface area (Å²) in [5, 5.41) is 9.26. The minimum Gasteiger partial charge on any atom is -0.486 e. The van der Waals surface area contributed by atoms with Crippen LogP contribution in [0.4, 0.5) is 0 Å². The molecular weight excluding hydrogens is 282 g/mol. The van der Waals surface area contributed by atoms with Gasteiger partial charge in [-0.15, -0.1) is 0 Å². The summed E-state index contributed by atoms with van der Waals surface area (Å²) in [5.74, 6) is -0.463. The lowest BCUT2D eigenvalue weighted by Crippen LogP contribution is -2.05. The van der Waals surface area contributed by atoms with E-state index in [0.29, 0.717) is 11.6 Å². The molecule has 0 saturated carbocycles. The molecule has 0 atom stereocenters. The van der Waals surface area contributed by atoms with Crippen molar-refractivity contribution >= 4 is 17.6 Å². The molecule has 0 aliphatic heterocycles. The average Bonchev–Trinajstić information content (AvgIpc) is 2.45. The van der Waals surface area contributed by atoms with Gasteiger partial charge < -0.3 is 14.6 Å². The van der Waals surface area contributed by atoms with E-state index < -0.39 is 5.97 Å². The van der Waals surface area contributed by atoms with Crippen LogP contribution in [0.25, 0.3) is 0 Å². The molecule has 104 valence electrons. The summed E-state index contributed by atoms with van der Waals surface area (Å²) in [7, 11) is 1.52. The molecule has 20 heavy (non-hydrogen) atoms. The molecule has 0 fully saturated rings. The van der Waals surface area contributed by atoms with Gasteiger partial charge in [-0.3, -0.25) is 0 Å². The monoisotopic (exact) mass is 293 g/mol. The van der Waals surface area contributed by atoms with Crippen LogP contribution in [0.15, 0.2) is 36.4 Å². The van der Waals surface area contributed by atoms with Gasteiger partial charge in [0.25, 0.3) is 0 Å². The van der Waals surface area contributed by atoms with Gasteiger partial charge in [0.05, 0.1) is 17.8 Å². The molecule has 0 spiro atoms. The summed E-state index contributed by atoms with van der Waals surface area (Å²) in [6, 6.07) is 9.93. The molecule has 2 aromatic rings. The van der Waals surface area contributed by atoms with Crippen molar-refractivity contribution in [2.24, 2.45) is 0 Å². The predicted molar refractivity (Wildman–Crippen MR) is 73.5 cm³/mol. The zero-order valence-electron chi connectivity index (χ0n) is 10.7. The van der Waals surface area contributed by atoms with Crippen LogP contribution in [0.5, 0.6) is 11.6 Å². The number of nitrogens with zero attached hydrogens (tertiary/aromatic N) is 1. The number of aromatic carboxylic acids is 1. The van der Waals surface area contributed by atoms with Crippen molar-refractivity contribution in [3.63, 3.8) is 0 Å². The Morgan fingerprint density at radius 1 is 1.30 bits per heavy atom. The van der Waals surface area contributed by atoms with E-state index in [-0.39, 0.29) is 22.9 Å². The number of ether oxygens (including phenoxy) is 2. The van der Waals surface area contributed by atoms with Crippen molar-refractivity contribution in [1.82, 2.24) is 4.98 Å². The number of halogens is 1. The number of pyridine rings is 1. The zero-order valence-corrected chi connectivity index (χ0v) is 11.4. The van der Waals surface area contributed by atoms with Crippen LogP contribution >= 0.6 is 11.6 Å². The summed E-state index contributed by atoms with van der Waals surface area (Å²) in [6.07, 6.45) is 0. The summed E-state index contributed by atoms with van der Waals surface area (Å²) in [4.78, 5) is 15.3. The number of rotatable bonds is 5. The highest BCUT2D eigenvalue weighted by molar-refractivity contribution is 6.33. The standard InChI is InChI=1S/C14H12ClNO4/c1-19-12-7-2-4-9(16-12)8-20-11-6-3-5-10(15)13(11)14(17)18/h2-7H,8H2,1H3,(H,17,18). The third-order valence-corrected chi connectivity index (χ3v) is 2.87. The van der Waals surface area contributed by atoms with Crippen molar-refractivity contribution in [3.8, 4) is 11.6 Å². The van der Waals surface area contributed by atoms with E-state index in [9.17, 15) is 4.79 Å². The number of benzene rings is 1. The average molecular weight is 294 g/mol. The van der Waals surface area contributed by atoms with Gasteiger partial charge in [0, 0.05) is 6.07 Å². The Morgan fingerprint density at radius 3 is 2.75 bits per heavy atom. The Kier molecular flexibility index (Phi) is 4.42. The van der Waals surface area contributed by atoms with Gasteiger partial charge in [0.1, 0.15) is 17.9 Å². The zero-order chi connectivity index (χ0) is 14.5. The number of carboxylic acids is 1. The number of aromatic nitrogens is 1. The van der Waals surface area contributed by atoms with Gasteiger partial charge >= 0.3 is 5.97 Å². The van der Waals surface area contributed by atoms with Crippen LogP contribution in [-0.2, 0) is 6.61 Å². The van der Waals surface area contributed by atoms with Crippen LogP contribution in [0.3, 0.4) is 0 Å². The quantitative estimate of drug-likeness (QED) is 0.917. The maximum absolute atomic E-state index is 11.2. The minimum atomic E-state index is -1.13. The largest absolute Gasteiger partial charge is 0.486 e. The highest BCUT2D eigenvalue weighted by atomic mass is 35.5. The van der Waals surface area contributed by atoms with Gasteiger partial charge in [0.15, 0.2) is 0 Å². The highest BCUT2D eigenvalue weighted by Crippen LogP contribution is 2.27. The van der Waals surface area contributed by atoms with Crippen molar-refractivity contribution in [1.29, 1.82) is 0 Å². The molecule has 6 heteroatoms. The number of carbonyl (C=O) groups is 1.